The molecule has 0 unspecified atom stereocenters. The molecule has 1 aliphatic rings. The maximum absolute atomic E-state index is 10.9. The third kappa shape index (κ3) is 4.67. The van der Waals surface area contributed by atoms with E-state index in [9.17, 15) is 4.79 Å². The first-order valence-electron chi connectivity index (χ1n) is 10.9. The van der Waals surface area contributed by atoms with Crippen molar-refractivity contribution in [3.05, 3.63) is 82.7 Å². The molecule has 1 N–H and O–H groups in total. The molecular weight excluding hydrogens is 466 g/mol. The van der Waals surface area contributed by atoms with E-state index < -0.39 is 5.97 Å². The number of ether oxygens (including phenoxy) is 2. The molecule has 0 radical (unpaired) electrons. The number of rotatable bonds is 8. The Bertz CT molecular complexity index is 1330. The van der Waals surface area contributed by atoms with Crippen LogP contribution in [-0.2, 0) is 23.4 Å². The predicted molar refractivity (Wildman–Crippen MR) is 136 cm³/mol. The summed E-state index contributed by atoms with van der Waals surface area (Å²) < 4.78 is 11.9. The highest BCUT2D eigenvalue weighted by atomic mass is 32.2. The molecule has 34 heavy (non-hydrogen) atoms. The lowest BCUT2D eigenvalue weighted by Gasteiger charge is -2.18. The molecule has 5 nitrogen and oxygen atoms in total. The fraction of sp³-hybridized carbons (Fsp3) is 0.185. The van der Waals surface area contributed by atoms with Crippen LogP contribution in [0.3, 0.4) is 0 Å². The number of fused-ring (bicyclic) bond motifs is 3. The van der Waals surface area contributed by atoms with Crippen LogP contribution in [0.25, 0.3) is 22.4 Å². The molecule has 0 bridgehead atoms. The molecule has 172 valence electrons. The van der Waals surface area contributed by atoms with E-state index in [1.807, 2.05) is 30.3 Å². The summed E-state index contributed by atoms with van der Waals surface area (Å²) in [6, 6.07) is 22.4. The molecule has 0 aliphatic heterocycles. The highest BCUT2D eigenvalue weighted by Gasteiger charge is 2.24. The maximum Gasteiger partial charge on any atom is 0.341 e. The van der Waals surface area contributed by atoms with E-state index in [1.54, 1.807) is 30.2 Å². The molecule has 0 amide bonds. The third-order valence-corrected chi connectivity index (χ3v) is 8.10. The molecule has 0 atom stereocenters. The van der Waals surface area contributed by atoms with Crippen LogP contribution in [0.4, 0.5) is 0 Å². The van der Waals surface area contributed by atoms with Gasteiger partial charge in [0, 0.05) is 21.8 Å². The quantitative estimate of drug-likeness (QED) is 0.291. The Morgan fingerprint density at radius 1 is 1.03 bits per heavy atom. The summed E-state index contributed by atoms with van der Waals surface area (Å²) in [5.41, 5.74) is 6.73. The van der Waals surface area contributed by atoms with Crippen LogP contribution in [0.15, 0.2) is 71.1 Å². The number of benzene rings is 3. The van der Waals surface area contributed by atoms with Gasteiger partial charge in [0.25, 0.3) is 0 Å². The lowest BCUT2D eigenvalue weighted by molar-refractivity contribution is -0.139. The monoisotopic (exact) mass is 489 g/mol. The van der Waals surface area contributed by atoms with E-state index in [2.05, 4.69) is 36.4 Å². The molecule has 1 aromatic heterocycles. The van der Waals surface area contributed by atoms with Gasteiger partial charge in [-0.2, -0.15) is 0 Å². The van der Waals surface area contributed by atoms with Crippen molar-refractivity contribution in [2.75, 3.05) is 13.7 Å². The summed E-state index contributed by atoms with van der Waals surface area (Å²) in [5, 5.41) is 8.96. The Morgan fingerprint density at radius 2 is 1.82 bits per heavy atom. The fourth-order valence-corrected chi connectivity index (χ4v) is 6.37. The number of hydrogen-bond donors (Lipinski definition) is 1. The number of thioether (sulfide) groups is 1. The van der Waals surface area contributed by atoms with Gasteiger partial charge in [0.1, 0.15) is 11.5 Å². The summed E-state index contributed by atoms with van der Waals surface area (Å²) in [6.07, 6.45) is 1.71. The van der Waals surface area contributed by atoms with Gasteiger partial charge in [0.15, 0.2) is 10.9 Å². The van der Waals surface area contributed by atoms with Gasteiger partial charge in [-0.25, -0.2) is 9.78 Å². The Hall–Kier alpha value is -3.29. The third-order valence-electron chi connectivity index (χ3n) is 5.79. The molecule has 0 fully saturated rings. The van der Waals surface area contributed by atoms with E-state index in [1.165, 1.54) is 21.6 Å². The van der Waals surface area contributed by atoms with E-state index in [0.29, 0.717) is 5.75 Å². The number of aryl methyl sites for hydroxylation is 1. The normalized spacial score (nSPS) is 12.0. The molecule has 5 rings (SSSR count). The molecule has 1 aliphatic carbocycles. The molecular formula is C27H23NO4S2. The molecule has 4 aromatic rings. The summed E-state index contributed by atoms with van der Waals surface area (Å²) >= 11 is 3.50. The van der Waals surface area contributed by atoms with Crippen molar-refractivity contribution in [1.82, 2.24) is 4.98 Å². The van der Waals surface area contributed by atoms with Crippen molar-refractivity contribution in [2.24, 2.45) is 0 Å². The zero-order valence-corrected chi connectivity index (χ0v) is 20.2. The smallest absolute Gasteiger partial charge is 0.341 e. The van der Waals surface area contributed by atoms with Gasteiger partial charge in [-0.05, 0) is 47.7 Å². The lowest BCUT2D eigenvalue weighted by Crippen LogP contribution is -2.12. The number of carbonyl (C=O) groups is 1. The van der Waals surface area contributed by atoms with Gasteiger partial charge in [-0.1, -0.05) is 60.3 Å². The van der Waals surface area contributed by atoms with Crippen LogP contribution in [-0.4, -0.2) is 29.8 Å². The zero-order valence-electron chi connectivity index (χ0n) is 18.6. The van der Waals surface area contributed by atoms with E-state index >= 15 is 0 Å². The minimum absolute atomic E-state index is 0.338. The summed E-state index contributed by atoms with van der Waals surface area (Å²) in [6.45, 7) is -0.338. The standard InChI is InChI=1S/C27H23NO4S2/c1-31-19-11-9-17(10-12-19)20-6-3-2-5-18(20)16-33-27-28-26-22-7-4-8-23(32-15-25(29)30)21(22)13-14-24(26)34-27/h2-12H,13-16H2,1H3,(H,29,30). The van der Waals surface area contributed by atoms with Crippen molar-refractivity contribution in [2.45, 2.75) is 22.9 Å². The van der Waals surface area contributed by atoms with Crippen LogP contribution in [0.1, 0.15) is 16.0 Å². The predicted octanol–water partition coefficient (Wildman–Crippen LogP) is 6.34. The van der Waals surface area contributed by atoms with Crippen molar-refractivity contribution in [1.29, 1.82) is 0 Å². The van der Waals surface area contributed by atoms with Crippen LogP contribution in [0.2, 0.25) is 0 Å². The van der Waals surface area contributed by atoms with Crippen LogP contribution in [0.5, 0.6) is 11.5 Å². The molecule has 0 saturated carbocycles. The number of nitrogens with zero attached hydrogens (tertiary/aromatic N) is 1. The maximum atomic E-state index is 10.9. The summed E-state index contributed by atoms with van der Waals surface area (Å²) in [4.78, 5) is 17.2. The first-order chi connectivity index (χ1) is 16.6. The number of carboxylic acid groups (broad SMARTS) is 1. The number of thiazole rings is 1. The van der Waals surface area contributed by atoms with E-state index in [0.717, 1.165) is 45.5 Å². The highest BCUT2D eigenvalue weighted by Crippen LogP contribution is 2.43. The van der Waals surface area contributed by atoms with Gasteiger partial charge in [0.05, 0.1) is 12.8 Å². The number of carboxylic acids is 1. The van der Waals surface area contributed by atoms with Crippen LogP contribution in [0, 0.1) is 0 Å². The first-order valence-corrected chi connectivity index (χ1v) is 12.7. The highest BCUT2D eigenvalue weighted by molar-refractivity contribution is 8.00. The second-order valence-electron chi connectivity index (χ2n) is 7.89. The molecule has 1 heterocycles. The van der Waals surface area contributed by atoms with E-state index in [4.69, 9.17) is 19.6 Å². The first kappa shape index (κ1) is 22.5. The van der Waals surface area contributed by atoms with Gasteiger partial charge < -0.3 is 14.6 Å². The summed E-state index contributed by atoms with van der Waals surface area (Å²) in [7, 11) is 1.68. The minimum atomic E-state index is -0.976. The van der Waals surface area contributed by atoms with Crippen molar-refractivity contribution in [3.8, 4) is 33.9 Å². The SMILES string of the molecule is COc1ccc(-c2ccccc2CSc2nc3c(s2)CCc2c(OCC(=O)O)cccc2-3)cc1. The summed E-state index contributed by atoms with van der Waals surface area (Å²) in [5.74, 6) is 1.33. The fourth-order valence-electron chi connectivity index (χ4n) is 4.17. The topological polar surface area (TPSA) is 68.7 Å². The van der Waals surface area contributed by atoms with Crippen molar-refractivity contribution in [3.63, 3.8) is 0 Å². The molecule has 0 saturated heterocycles. The van der Waals surface area contributed by atoms with Crippen molar-refractivity contribution < 1.29 is 19.4 Å². The largest absolute Gasteiger partial charge is 0.497 e. The molecule has 3 aromatic carbocycles. The Labute approximate surface area is 206 Å². The Morgan fingerprint density at radius 3 is 2.62 bits per heavy atom. The van der Waals surface area contributed by atoms with Gasteiger partial charge in [0.2, 0.25) is 0 Å². The van der Waals surface area contributed by atoms with Gasteiger partial charge in [-0.15, -0.1) is 11.3 Å². The second-order valence-corrected chi connectivity index (χ2v) is 10.2. The Balaban J connectivity index is 1.36. The van der Waals surface area contributed by atoms with Crippen LogP contribution >= 0.6 is 23.1 Å². The number of hydrogen-bond acceptors (Lipinski definition) is 6. The lowest BCUT2D eigenvalue weighted by atomic mass is 9.93. The number of aromatic nitrogens is 1. The van der Waals surface area contributed by atoms with E-state index in [-0.39, 0.29) is 6.61 Å². The van der Waals surface area contributed by atoms with Crippen LogP contribution < -0.4 is 9.47 Å². The molecule has 7 heteroatoms. The second kappa shape index (κ2) is 9.91. The minimum Gasteiger partial charge on any atom is -0.497 e. The zero-order chi connectivity index (χ0) is 23.5. The van der Waals surface area contributed by atoms with Gasteiger partial charge >= 0.3 is 5.97 Å². The average Bonchev–Trinajstić information content (AvgIpc) is 3.30. The average molecular weight is 490 g/mol. The molecule has 0 spiro atoms. The van der Waals surface area contributed by atoms with Crippen molar-refractivity contribution >= 4 is 29.1 Å². The number of aliphatic carboxylic acids is 1. The van der Waals surface area contributed by atoms with Gasteiger partial charge in [-0.3, -0.25) is 0 Å². The Kier molecular flexibility index (Phi) is 6.56. The number of methoxy groups -OCH3 is 1.